The van der Waals surface area contributed by atoms with Crippen molar-refractivity contribution >= 4 is 35.0 Å². The molecular formula is C15H13Cl2N3O2. The van der Waals surface area contributed by atoms with Crippen LogP contribution in [0, 0.1) is 0 Å². The van der Waals surface area contributed by atoms with E-state index in [1.54, 1.807) is 24.3 Å². The van der Waals surface area contributed by atoms with E-state index in [1.807, 2.05) is 6.07 Å². The number of hydrogen-bond donors (Lipinski definition) is 2. The number of benzene rings is 1. The minimum absolute atomic E-state index is 0.147. The van der Waals surface area contributed by atoms with Crippen molar-refractivity contribution in [3.05, 3.63) is 63.9 Å². The highest BCUT2D eigenvalue weighted by Crippen LogP contribution is 2.19. The number of carbonyl (C=O) groups is 2. The number of carbonyl (C=O) groups excluding carboxylic acids is 2. The molecule has 1 aromatic heterocycles. The number of nitrogens with zero attached hydrogens (tertiary/aromatic N) is 1. The number of pyridine rings is 1. The Morgan fingerprint density at radius 3 is 2.14 bits per heavy atom. The van der Waals surface area contributed by atoms with Crippen LogP contribution >= 0.6 is 23.2 Å². The average Bonchev–Trinajstić information content (AvgIpc) is 2.54. The Balaban J connectivity index is 1.78. The highest BCUT2D eigenvalue weighted by atomic mass is 35.5. The predicted molar refractivity (Wildman–Crippen MR) is 85.4 cm³/mol. The number of hydrogen-bond acceptors (Lipinski definition) is 3. The third kappa shape index (κ3) is 4.44. The van der Waals surface area contributed by atoms with Gasteiger partial charge in [-0.3, -0.25) is 9.59 Å². The van der Waals surface area contributed by atoms with Crippen molar-refractivity contribution in [1.29, 1.82) is 0 Å². The van der Waals surface area contributed by atoms with E-state index in [0.717, 1.165) is 0 Å². The molecule has 0 bridgehead atoms. The van der Waals surface area contributed by atoms with Crippen LogP contribution in [0.2, 0.25) is 10.2 Å². The van der Waals surface area contributed by atoms with Crippen LogP contribution in [0.4, 0.5) is 0 Å². The van der Waals surface area contributed by atoms with Gasteiger partial charge in [-0.05, 0) is 18.2 Å². The highest BCUT2D eigenvalue weighted by Gasteiger charge is 2.09. The van der Waals surface area contributed by atoms with Gasteiger partial charge in [0.05, 0.1) is 10.6 Å². The summed E-state index contributed by atoms with van der Waals surface area (Å²) in [5.41, 5.74) is 0.881. The normalized spacial score (nSPS) is 10.1. The van der Waals surface area contributed by atoms with Gasteiger partial charge in [-0.15, -0.1) is 0 Å². The van der Waals surface area contributed by atoms with Gasteiger partial charge in [0.15, 0.2) is 0 Å². The maximum atomic E-state index is 11.9. The molecule has 0 saturated carbocycles. The monoisotopic (exact) mass is 337 g/mol. The number of rotatable bonds is 5. The standard InChI is InChI=1S/C15H13Cl2N3O2/c16-12-8-11(9-20-13(12)17)15(22)19-7-6-18-14(21)10-4-2-1-3-5-10/h1-5,8-9H,6-7H2,(H,18,21)(H,19,22). The first-order chi connectivity index (χ1) is 10.6. The minimum atomic E-state index is -0.333. The third-order valence-corrected chi connectivity index (χ3v) is 3.48. The van der Waals surface area contributed by atoms with Gasteiger partial charge in [0.1, 0.15) is 5.15 Å². The predicted octanol–water partition coefficient (Wildman–Crippen LogP) is 2.55. The van der Waals surface area contributed by atoms with Gasteiger partial charge in [0, 0.05) is 24.8 Å². The van der Waals surface area contributed by atoms with Crippen molar-refractivity contribution in [2.75, 3.05) is 13.1 Å². The topological polar surface area (TPSA) is 71.1 Å². The maximum Gasteiger partial charge on any atom is 0.252 e. The molecule has 0 fully saturated rings. The summed E-state index contributed by atoms with van der Waals surface area (Å²) in [7, 11) is 0. The van der Waals surface area contributed by atoms with Crippen LogP contribution in [0.15, 0.2) is 42.6 Å². The second-order valence-electron chi connectivity index (χ2n) is 4.37. The van der Waals surface area contributed by atoms with Crippen molar-refractivity contribution in [2.45, 2.75) is 0 Å². The van der Waals surface area contributed by atoms with Crippen LogP contribution in [0.3, 0.4) is 0 Å². The summed E-state index contributed by atoms with van der Waals surface area (Å²) < 4.78 is 0. The van der Waals surface area contributed by atoms with E-state index >= 15 is 0 Å². The van der Waals surface area contributed by atoms with Crippen molar-refractivity contribution in [1.82, 2.24) is 15.6 Å². The Morgan fingerprint density at radius 2 is 1.55 bits per heavy atom. The first-order valence-electron chi connectivity index (χ1n) is 6.50. The van der Waals surface area contributed by atoms with E-state index < -0.39 is 0 Å². The Kier molecular flexibility index (Phi) is 5.75. The Hall–Kier alpha value is -2.11. The number of aromatic nitrogens is 1. The number of halogens is 2. The van der Waals surface area contributed by atoms with E-state index in [4.69, 9.17) is 23.2 Å². The molecule has 7 heteroatoms. The Morgan fingerprint density at radius 1 is 0.955 bits per heavy atom. The SMILES string of the molecule is O=C(NCCNC(=O)c1cnc(Cl)c(Cl)c1)c1ccccc1. The highest BCUT2D eigenvalue weighted by molar-refractivity contribution is 6.41. The van der Waals surface area contributed by atoms with Gasteiger partial charge in [0.2, 0.25) is 0 Å². The zero-order chi connectivity index (χ0) is 15.9. The molecule has 5 nitrogen and oxygen atoms in total. The number of nitrogens with one attached hydrogen (secondary N) is 2. The Labute approximate surface area is 137 Å². The van der Waals surface area contributed by atoms with Gasteiger partial charge >= 0.3 is 0 Å². The van der Waals surface area contributed by atoms with Crippen molar-refractivity contribution in [3.8, 4) is 0 Å². The van der Waals surface area contributed by atoms with Gasteiger partial charge in [0.25, 0.3) is 11.8 Å². The molecule has 2 amide bonds. The molecule has 0 atom stereocenters. The molecule has 0 radical (unpaired) electrons. The molecular weight excluding hydrogens is 325 g/mol. The number of amides is 2. The van der Waals surface area contributed by atoms with E-state index in [9.17, 15) is 9.59 Å². The van der Waals surface area contributed by atoms with Gasteiger partial charge in [-0.2, -0.15) is 0 Å². The molecule has 2 aromatic rings. The van der Waals surface area contributed by atoms with Crippen molar-refractivity contribution in [3.63, 3.8) is 0 Å². The fourth-order valence-electron chi connectivity index (χ4n) is 1.69. The molecule has 114 valence electrons. The second-order valence-corrected chi connectivity index (χ2v) is 5.14. The zero-order valence-corrected chi connectivity index (χ0v) is 13.0. The molecule has 2 N–H and O–H groups in total. The lowest BCUT2D eigenvalue weighted by Gasteiger charge is -2.07. The van der Waals surface area contributed by atoms with Gasteiger partial charge in [-0.25, -0.2) is 4.98 Å². The van der Waals surface area contributed by atoms with Crippen LogP contribution < -0.4 is 10.6 Å². The smallest absolute Gasteiger partial charge is 0.252 e. The molecule has 22 heavy (non-hydrogen) atoms. The lowest BCUT2D eigenvalue weighted by atomic mass is 10.2. The second kappa shape index (κ2) is 7.77. The zero-order valence-electron chi connectivity index (χ0n) is 11.5. The maximum absolute atomic E-state index is 11.9. The summed E-state index contributed by atoms with van der Waals surface area (Å²) in [6.07, 6.45) is 1.34. The quantitative estimate of drug-likeness (QED) is 0.650. The van der Waals surface area contributed by atoms with E-state index in [2.05, 4.69) is 15.6 Å². The molecule has 1 aromatic carbocycles. The fourth-order valence-corrected chi connectivity index (χ4v) is 1.96. The van der Waals surface area contributed by atoms with Crippen LogP contribution in [-0.4, -0.2) is 29.9 Å². The molecule has 0 aliphatic rings. The molecule has 0 aliphatic heterocycles. The van der Waals surface area contributed by atoms with Crippen LogP contribution in [0.5, 0.6) is 0 Å². The van der Waals surface area contributed by atoms with Gasteiger partial charge in [-0.1, -0.05) is 41.4 Å². The average molecular weight is 338 g/mol. The van der Waals surface area contributed by atoms with E-state index in [-0.39, 0.29) is 28.5 Å². The lowest BCUT2D eigenvalue weighted by molar-refractivity contribution is 0.0927. The summed E-state index contributed by atoms with van der Waals surface area (Å²) in [6.45, 7) is 0.603. The fraction of sp³-hybridized carbons (Fsp3) is 0.133. The summed E-state index contributed by atoms with van der Waals surface area (Å²) in [6, 6.07) is 10.3. The van der Waals surface area contributed by atoms with Crippen LogP contribution in [0.1, 0.15) is 20.7 Å². The first-order valence-corrected chi connectivity index (χ1v) is 7.26. The lowest BCUT2D eigenvalue weighted by Crippen LogP contribution is -2.34. The molecule has 2 rings (SSSR count). The summed E-state index contributed by atoms with van der Waals surface area (Å²) in [5, 5.41) is 5.73. The van der Waals surface area contributed by atoms with Crippen LogP contribution in [-0.2, 0) is 0 Å². The Bertz CT molecular complexity index is 678. The summed E-state index contributed by atoms with van der Waals surface area (Å²) in [5.74, 6) is -0.522. The van der Waals surface area contributed by atoms with Crippen molar-refractivity contribution in [2.24, 2.45) is 0 Å². The van der Waals surface area contributed by atoms with Crippen LogP contribution in [0.25, 0.3) is 0 Å². The molecule has 1 heterocycles. The largest absolute Gasteiger partial charge is 0.350 e. The molecule has 0 saturated heterocycles. The van der Waals surface area contributed by atoms with E-state index in [0.29, 0.717) is 17.7 Å². The minimum Gasteiger partial charge on any atom is -0.350 e. The third-order valence-electron chi connectivity index (χ3n) is 2.79. The van der Waals surface area contributed by atoms with Gasteiger partial charge < -0.3 is 10.6 Å². The first kappa shape index (κ1) is 16.3. The molecule has 0 unspecified atom stereocenters. The van der Waals surface area contributed by atoms with Crippen molar-refractivity contribution < 1.29 is 9.59 Å². The van der Waals surface area contributed by atoms with E-state index in [1.165, 1.54) is 12.3 Å². The summed E-state index contributed by atoms with van der Waals surface area (Å²) >= 11 is 11.5. The molecule has 0 aliphatic carbocycles. The summed E-state index contributed by atoms with van der Waals surface area (Å²) in [4.78, 5) is 27.4. The molecule has 0 spiro atoms.